The number of hydrogen-bond acceptors (Lipinski definition) is 11. The van der Waals surface area contributed by atoms with Gasteiger partial charge in [0, 0.05) is 122 Å². The molecule has 2 N–H and O–H groups in total. The van der Waals surface area contributed by atoms with Crippen LogP contribution in [0.25, 0.3) is 49.3 Å². The lowest BCUT2D eigenvalue weighted by Crippen LogP contribution is -2.59. The van der Waals surface area contributed by atoms with Crippen molar-refractivity contribution in [2.75, 3.05) is 32.8 Å². The van der Waals surface area contributed by atoms with Crippen LogP contribution >= 0.6 is 0 Å². The predicted octanol–water partition coefficient (Wildman–Crippen LogP) is 17.1. The normalized spacial score (nSPS) is 13.9. The largest absolute Gasteiger partial charge is 0.340 e. The Morgan fingerprint density at radius 2 is 1.00 bits per heavy atom. The number of pyridine rings is 3. The van der Waals surface area contributed by atoms with Crippen LogP contribution < -0.4 is 10.6 Å². The molecular weight excluding hydrogens is 1220 g/mol. The van der Waals surface area contributed by atoms with E-state index >= 15 is 0 Å². The van der Waals surface area contributed by atoms with Gasteiger partial charge in [-0.05, 0) is 145 Å². The number of amides is 6. The maximum atomic E-state index is 10.9. The molecule has 4 aliphatic rings. The fraction of sp³-hybridized carbons (Fsp3) is 0.438. The Hall–Kier alpha value is -9.45. The van der Waals surface area contributed by atoms with Gasteiger partial charge in [0.1, 0.15) is 17.8 Å². The second-order valence-electron chi connectivity index (χ2n) is 27.3. The van der Waals surface area contributed by atoms with Crippen LogP contribution in [0.4, 0.5) is 9.59 Å². The Morgan fingerprint density at radius 1 is 0.429 bits per heavy atom. The molecule has 98 heavy (non-hydrogen) atoms. The number of nitrogens with one attached hydrogen (secondary N) is 2. The maximum absolute atomic E-state index is 10.9. The number of hydrogen-bond donors (Lipinski definition) is 2. The summed E-state index contributed by atoms with van der Waals surface area (Å²) < 4.78 is 2.05. The van der Waals surface area contributed by atoms with E-state index in [4.69, 9.17) is 0 Å². The van der Waals surface area contributed by atoms with Crippen molar-refractivity contribution in [3.63, 3.8) is 0 Å². The molecule has 0 bridgehead atoms. The standard InChI is InChI=1S/2C12H13N.2C11H12N2.C10H12N2.C7H13NO.C6H12N2O.C6H11NO.C5H10N2O/c1-9(2)11-7-10-5-3-4-6-12(10)13-8-11;1-9(2)10-7-8-13-12-6-4-3-5-11(10)12;1-8(2)11-9-5-3-4-6-10(9)12-7-13-11;1-8(2)11-12-7-9-5-3-4-6-10(9)13-11;1-8(2)9-7-12-6-4-3-5-10(12)11-9;1-6(2)8-5-3-4-7(8)9;1-5(2)8-4-3-7-6(8)9;1-5(2)7-4-3-6(7)8;1-4(2)7-3-6-5(7)8/h2*3-9H,1-2H3;2*3-8H,1-2H3;3-8H,1-2H3;6H,3-5H2,1-2H3;5H,3-4H2,1-2H3,(H,7,9);5H,3-4H2,1-2H3;4H,3H2,1-2H3,(H,6,8). The fourth-order valence-electron chi connectivity index (χ4n) is 10.7. The van der Waals surface area contributed by atoms with Crippen LogP contribution in [0, 0.1) is 0 Å². The number of β-lactam (4-membered cyclic amide) rings is 1. The zero-order chi connectivity index (χ0) is 71.6. The number of nitrogens with zero attached hydrogens (tertiary/aromatic N) is 12. The van der Waals surface area contributed by atoms with Crippen LogP contribution in [0.5, 0.6) is 0 Å². The van der Waals surface area contributed by atoms with Gasteiger partial charge in [0.25, 0.3) is 0 Å². The van der Waals surface area contributed by atoms with E-state index in [0.29, 0.717) is 65.6 Å². The van der Waals surface area contributed by atoms with Gasteiger partial charge in [-0.15, -0.1) is 0 Å². The summed E-state index contributed by atoms with van der Waals surface area (Å²) in [7, 11) is 0. The van der Waals surface area contributed by atoms with Crippen molar-refractivity contribution in [2.45, 2.75) is 198 Å². The molecule has 0 spiro atoms. The highest BCUT2D eigenvalue weighted by Crippen LogP contribution is 2.25. The average molecular weight is 1330 g/mol. The van der Waals surface area contributed by atoms with Crippen molar-refractivity contribution in [1.82, 2.24) is 69.5 Å². The van der Waals surface area contributed by atoms with Crippen LogP contribution in [-0.2, 0) is 9.59 Å². The van der Waals surface area contributed by atoms with Gasteiger partial charge < -0.3 is 34.6 Å². The molecule has 6 amide bonds. The summed E-state index contributed by atoms with van der Waals surface area (Å²) in [5, 5.41) is 10.1. The van der Waals surface area contributed by atoms with E-state index in [9.17, 15) is 19.2 Å². The molecule has 10 aromatic rings. The molecule has 0 radical (unpaired) electrons. The minimum absolute atomic E-state index is 0.0556. The fourth-order valence-corrected chi connectivity index (χ4v) is 10.7. The summed E-state index contributed by atoms with van der Waals surface area (Å²) in [5.41, 5.74) is 10.2. The molecule has 6 aromatic heterocycles. The number of carbonyl (C=O) groups is 4. The van der Waals surface area contributed by atoms with E-state index in [0.717, 1.165) is 102 Å². The van der Waals surface area contributed by atoms with Crippen molar-refractivity contribution >= 4 is 73.1 Å². The summed E-state index contributed by atoms with van der Waals surface area (Å²) in [4.78, 5) is 80.7. The Labute approximate surface area is 582 Å². The van der Waals surface area contributed by atoms with E-state index in [2.05, 4.69) is 182 Å². The third kappa shape index (κ3) is 23.1. The second kappa shape index (κ2) is 38.5. The van der Waals surface area contributed by atoms with Crippen LogP contribution in [0.1, 0.15) is 202 Å². The SMILES string of the molecule is CC(C)N1CCC1=O.CC(C)N1CCCC1=O.CC(C)N1CCNC1=O.CC(C)N1CNC1=O.CC(C)c1ccnc2ccccc12.CC(C)c1cn2ccccc2n1.CC(C)c1cnc2ccccc2c1.CC(C)c1ncc2ccccc2n1.CC(C)c1ncnc2ccccc12. The smallest absolute Gasteiger partial charge is 0.320 e. The first-order valence-electron chi connectivity index (χ1n) is 35.0. The number of carbonyl (C=O) groups excluding carboxylic acids is 4. The molecule has 0 unspecified atom stereocenters. The third-order valence-corrected chi connectivity index (χ3v) is 16.7. The highest BCUT2D eigenvalue weighted by molar-refractivity contribution is 5.84. The molecule has 0 atom stereocenters. The first-order valence-corrected chi connectivity index (χ1v) is 35.0. The molecule has 0 saturated carbocycles. The molecule has 10 heterocycles. The summed E-state index contributed by atoms with van der Waals surface area (Å²) in [6.07, 6.45) is 14.1. The summed E-state index contributed by atoms with van der Waals surface area (Å²) in [6.45, 7) is 42.1. The average Bonchev–Trinajstić information content (AvgIpc) is 1.33. The van der Waals surface area contributed by atoms with Gasteiger partial charge in [-0.2, -0.15) is 0 Å². The number of likely N-dealkylation sites (tertiary alicyclic amines) is 2. The molecule has 4 aromatic carbocycles. The number of urea groups is 2. The molecule has 4 saturated heterocycles. The number of para-hydroxylation sites is 4. The Morgan fingerprint density at radius 3 is 1.47 bits per heavy atom. The molecule has 0 aliphatic carbocycles. The summed E-state index contributed by atoms with van der Waals surface area (Å²) >= 11 is 0. The highest BCUT2D eigenvalue weighted by atomic mass is 16.2. The van der Waals surface area contributed by atoms with Crippen molar-refractivity contribution in [2.24, 2.45) is 0 Å². The van der Waals surface area contributed by atoms with Gasteiger partial charge in [0.15, 0.2) is 0 Å². The summed E-state index contributed by atoms with van der Waals surface area (Å²) in [5.74, 6) is 4.01. The first kappa shape index (κ1) is 77.6. The topological polar surface area (TPSA) is 200 Å². The Bertz CT molecular complexity index is 3840. The lowest BCUT2D eigenvalue weighted by atomic mass is 9.99. The van der Waals surface area contributed by atoms with Gasteiger partial charge in [0.2, 0.25) is 11.8 Å². The number of rotatable bonds is 9. The molecule has 14 rings (SSSR count). The van der Waals surface area contributed by atoms with Gasteiger partial charge >= 0.3 is 12.1 Å². The highest BCUT2D eigenvalue weighted by Gasteiger charge is 2.26. The van der Waals surface area contributed by atoms with Gasteiger partial charge in [0.05, 0.1) is 40.1 Å². The van der Waals surface area contributed by atoms with Gasteiger partial charge in [-0.25, -0.2) is 34.5 Å². The Balaban J connectivity index is 0.000000175. The molecule has 522 valence electrons. The van der Waals surface area contributed by atoms with Crippen LogP contribution in [0.15, 0.2) is 165 Å². The summed E-state index contributed by atoms with van der Waals surface area (Å²) in [6, 6.07) is 44.7. The predicted molar refractivity (Wildman–Crippen MR) is 401 cm³/mol. The first-order chi connectivity index (χ1) is 46.7. The van der Waals surface area contributed by atoms with Crippen LogP contribution in [-0.4, -0.2) is 140 Å². The van der Waals surface area contributed by atoms with E-state index in [1.165, 1.54) is 27.3 Å². The van der Waals surface area contributed by atoms with E-state index in [1.807, 2.05) is 166 Å². The minimum Gasteiger partial charge on any atom is -0.340 e. The number of fused-ring (bicyclic) bond motifs is 5. The molecule has 4 fully saturated rings. The van der Waals surface area contributed by atoms with Crippen molar-refractivity contribution in [1.29, 1.82) is 0 Å². The zero-order valence-corrected chi connectivity index (χ0v) is 61.4. The van der Waals surface area contributed by atoms with Crippen LogP contribution in [0.3, 0.4) is 0 Å². The zero-order valence-electron chi connectivity index (χ0n) is 61.4. The maximum Gasteiger partial charge on any atom is 0.320 e. The van der Waals surface area contributed by atoms with Gasteiger partial charge in [-0.3, -0.25) is 19.6 Å². The number of aromatic nitrogens is 8. The van der Waals surface area contributed by atoms with Crippen molar-refractivity contribution < 1.29 is 19.2 Å². The third-order valence-electron chi connectivity index (χ3n) is 16.7. The molecule has 18 nitrogen and oxygen atoms in total. The Kier molecular flexibility index (Phi) is 30.5. The lowest BCUT2D eigenvalue weighted by molar-refractivity contribution is -0.142. The van der Waals surface area contributed by atoms with Crippen molar-refractivity contribution in [3.05, 3.63) is 193 Å². The monoisotopic (exact) mass is 1330 g/mol. The molecule has 4 aliphatic heterocycles. The van der Waals surface area contributed by atoms with Gasteiger partial charge in [-0.1, -0.05) is 148 Å². The van der Waals surface area contributed by atoms with Crippen LogP contribution in [0.2, 0.25) is 0 Å². The van der Waals surface area contributed by atoms with Crippen molar-refractivity contribution in [3.8, 4) is 0 Å². The van der Waals surface area contributed by atoms with E-state index < -0.39 is 0 Å². The minimum atomic E-state index is 0.0556. The number of imidazole rings is 1. The lowest BCUT2D eigenvalue weighted by Gasteiger charge is -2.35. The second-order valence-corrected chi connectivity index (χ2v) is 27.3. The van der Waals surface area contributed by atoms with E-state index in [-0.39, 0.29) is 12.1 Å². The molecular formula is C80H108N14O4. The number of benzene rings is 4. The quantitative estimate of drug-likeness (QED) is 0.130. The van der Waals surface area contributed by atoms with E-state index in [1.54, 1.807) is 11.2 Å². The molecule has 18 heteroatoms.